The number of ether oxygens (including phenoxy) is 3. The summed E-state index contributed by atoms with van der Waals surface area (Å²) >= 11 is 0. The smallest absolute Gasteiger partial charge is 0.251 e. The summed E-state index contributed by atoms with van der Waals surface area (Å²) in [5.74, 6) is 4.81. The minimum atomic E-state index is -0.0255. The molecular weight excluding hydrogens is 354 g/mol. The Morgan fingerprint density at radius 3 is 1.82 bits per heavy atom. The first kappa shape index (κ1) is 19.4. The first-order chi connectivity index (χ1) is 13.6. The highest BCUT2D eigenvalue weighted by atomic mass is 16.5. The third kappa shape index (κ3) is 3.68. The van der Waals surface area contributed by atoms with Gasteiger partial charge in [0.25, 0.3) is 5.91 Å². The Balaban J connectivity index is 1.56. The fourth-order valence-corrected chi connectivity index (χ4v) is 5.92. The van der Waals surface area contributed by atoms with Crippen LogP contribution in [0.1, 0.15) is 63.2 Å². The van der Waals surface area contributed by atoms with Crippen LogP contribution in [0.15, 0.2) is 12.1 Å². The summed E-state index contributed by atoms with van der Waals surface area (Å²) in [6, 6.07) is 3.91. The molecule has 0 heterocycles. The molecule has 0 saturated heterocycles. The number of amides is 1. The molecule has 0 aliphatic heterocycles. The van der Waals surface area contributed by atoms with Crippen LogP contribution in [0, 0.1) is 23.7 Å². The molecule has 4 fully saturated rings. The van der Waals surface area contributed by atoms with E-state index in [4.69, 9.17) is 14.2 Å². The van der Waals surface area contributed by atoms with E-state index in [0.29, 0.717) is 60.5 Å². The van der Waals surface area contributed by atoms with Crippen LogP contribution in [0.2, 0.25) is 0 Å². The van der Waals surface area contributed by atoms with Gasteiger partial charge in [-0.25, -0.2) is 0 Å². The summed E-state index contributed by atoms with van der Waals surface area (Å²) in [7, 11) is 0. The van der Waals surface area contributed by atoms with Gasteiger partial charge in [0.05, 0.1) is 19.8 Å². The van der Waals surface area contributed by atoms with E-state index >= 15 is 0 Å². The molecule has 0 aromatic heterocycles. The van der Waals surface area contributed by atoms with Crippen LogP contribution in [0.25, 0.3) is 0 Å². The lowest BCUT2D eigenvalue weighted by atomic mass is 9.54. The van der Waals surface area contributed by atoms with E-state index in [1.165, 1.54) is 32.1 Å². The Morgan fingerprint density at radius 2 is 1.36 bits per heavy atom. The van der Waals surface area contributed by atoms with Gasteiger partial charge < -0.3 is 19.5 Å². The molecule has 0 atom stereocenters. The number of nitrogens with one attached hydrogen (secondary N) is 1. The molecule has 1 N–H and O–H groups in total. The van der Waals surface area contributed by atoms with Gasteiger partial charge in [-0.15, -0.1) is 0 Å². The molecule has 1 aromatic rings. The molecule has 4 aliphatic rings. The molecule has 28 heavy (non-hydrogen) atoms. The minimum Gasteiger partial charge on any atom is -0.490 e. The van der Waals surface area contributed by atoms with Gasteiger partial charge >= 0.3 is 0 Å². The minimum absolute atomic E-state index is 0.0255. The second-order valence-electron chi connectivity index (χ2n) is 8.53. The largest absolute Gasteiger partial charge is 0.490 e. The predicted molar refractivity (Wildman–Crippen MR) is 108 cm³/mol. The van der Waals surface area contributed by atoms with Gasteiger partial charge in [0.1, 0.15) is 0 Å². The zero-order valence-electron chi connectivity index (χ0n) is 17.3. The van der Waals surface area contributed by atoms with E-state index in [9.17, 15) is 4.79 Å². The van der Waals surface area contributed by atoms with Crippen molar-refractivity contribution in [2.45, 2.75) is 58.9 Å². The van der Waals surface area contributed by atoms with Crippen LogP contribution in [-0.2, 0) is 0 Å². The third-order valence-electron chi connectivity index (χ3n) is 6.70. The summed E-state index contributed by atoms with van der Waals surface area (Å²) in [4.78, 5) is 13.2. The van der Waals surface area contributed by atoms with Crippen molar-refractivity contribution in [2.75, 3.05) is 19.8 Å². The number of hydrogen-bond donors (Lipinski definition) is 1. The second kappa shape index (κ2) is 8.22. The molecule has 154 valence electrons. The first-order valence-electron chi connectivity index (χ1n) is 11.0. The standard InChI is InChI=1S/C23H33NO4/c1-4-26-19-12-18(13-20(27-5-2)22(19)28-6-3)23(25)24-21-16-8-14-7-15(10-16)11-17(21)9-14/h12-17,21H,4-11H2,1-3H3,(H,24,25). The summed E-state index contributed by atoms with van der Waals surface area (Å²) in [6.07, 6.45) is 6.57. The van der Waals surface area contributed by atoms with E-state index in [-0.39, 0.29) is 5.91 Å². The fraction of sp³-hybridized carbons (Fsp3) is 0.696. The second-order valence-corrected chi connectivity index (χ2v) is 8.53. The van der Waals surface area contributed by atoms with Crippen LogP contribution >= 0.6 is 0 Å². The molecule has 1 amide bonds. The first-order valence-corrected chi connectivity index (χ1v) is 11.0. The highest BCUT2D eigenvalue weighted by molar-refractivity contribution is 5.96. The molecule has 0 spiro atoms. The molecule has 4 aliphatic carbocycles. The SMILES string of the molecule is CCOc1cc(C(=O)NC2C3CC4CC(C3)CC2C4)cc(OCC)c1OCC. The summed E-state index contributed by atoms with van der Waals surface area (Å²) in [5.41, 5.74) is 0.587. The molecular formula is C23H33NO4. The molecule has 1 aromatic carbocycles. The van der Waals surface area contributed by atoms with Crippen molar-refractivity contribution in [2.24, 2.45) is 23.7 Å². The predicted octanol–water partition coefficient (Wildman–Crippen LogP) is 4.44. The Hall–Kier alpha value is -1.91. The summed E-state index contributed by atoms with van der Waals surface area (Å²) in [5, 5.41) is 3.38. The van der Waals surface area contributed by atoms with E-state index in [2.05, 4.69) is 5.32 Å². The topological polar surface area (TPSA) is 56.8 Å². The molecule has 0 radical (unpaired) electrons. The van der Waals surface area contributed by atoms with Crippen molar-refractivity contribution in [1.29, 1.82) is 0 Å². The van der Waals surface area contributed by atoms with Crippen molar-refractivity contribution >= 4 is 5.91 Å². The lowest BCUT2D eigenvalue weighted by Gasteiger charge is -2.54. The van der Waals surface area contributed by atoms with Crippen LogP contribution in [-0.4, -0.2) is 31.8 Å². The number of hydrogen-bond acceptors (Lipinski definition) is 4. The summed E-state index contributed by atoms with van der Waals surface area (Å²) in [6.45, 7) is 7.31. The van der Waals surface area contributed by atoms with Crippen molar-refractivity contribution in [3.05, 3.63) is 17.7 Å². The summed E-state index contributed by atoms with van der Waals surface area (Å²) < 4.78 is 17.3. The van der Waals surface area contributed by atoms with Crippen LogP contribution in [0.3, 0.4) is 0 Å². The van der Waals surface area contributed by atoms with Gasteiger partial charge in [0.15, 0.2) is 11.5 Å². The van der Waals surface area contributed by atoms with Gasteiger partial charge in [-0.05, 0) is 88.7 Å². The van der Waals surface area contributed by atoms with E-state index in [1.807, 2.05) is 20.8 Å². The van der Waals surface area contributed by atoms with Crippen LogP contribution in [0.4, 0.5) is 0 Å². The molecule has 4 saturated carbocycles. The molecule has 4 bridgehead atoms. The van der Waals surface area contributed by atoms with Gasteiger partial charge in [-0.3, -0.25) is 4.79 Å². The number of carbonyl (C=O) groups excluding carboxylic acids is 1. The normalized spacial score (nSPS) is 30.2. The van der Waals surface area contributed by atoms with E-state index in [1.54, 1.807) is 12.1 Å². The Morgan fingerprint density at radius 1 is 0.857 bits per heavy atom. The number of benzene rings is 1. The van der Waals surface area contributed by atoms with Crippen molar-refractivity contribution in [3.8, 4) is 17.2 Å². The Bertz CT molecular complexity index is 662. The van der Waals surface area contributed by atoms with E-state index < -0.39 is 0 Å². The van der Waals surface area contributed by atoms with E-state index in [0.717, 1.165) is 11.8 Å². The lowest BCUT2D eigenvalue weighted by Crippen LogP contribution is -2.55. The van der Waals surface area contributed by atoms with Gasteiger partial charge in [0, 0.05) is 11.6 Å². The van der Waals surface area contributed by atoms with Crippen LogP contribution < -0.4 is 19.5 Å². The van der Waals surface area contributed by atoms with Gasteiger partial charge in [-0.1, -0.05) is 0 Å². The Kier molecular flexibility index (Phi) is 5.70. The van der Waals surface area contributed by atoms with Crippen LogP contribution in [0.5, 0.6) is 17.2 Å². The average Bonchev–Trinajstić information content (AvgIpc) is 2.66. The molecule has 5 rings (SSSR count). The Labute approximate surface area is 168 Å². The van der Waals surface area contributed by atoms with Crippen molar-refractivity contribution in [3.63, 3.8) is 0 Å². The van der Waals surface area contributed by atoms with Crippen molar-refractivity contribution in [1.82, 2.24) is 5.32 Å². The average molecular weight is 388 g/mol. The number of rotatable bonds is 8. The molecule has 5 nitrogen and oxygen atoms in total. The highest BCUT2D eigenvalue weighted by Gasteiger charge is 2.48. The van der Waals surface area contributed by atoms with Gasteiger partial charge in [-0.2, -0.15) is 0 Å². The maximum Gasteiger partial charge on any atom is 0.251 e. The highest BCUT2D eigenvalue weighted by Crippen LogP contribution is 2.53. The lowest BCUT2D eigenvalue weighted by molar-refractivity contribution is -0.0119. The molecule has 5 heteroatoms. The maximum absolute atomic E-state index is 13.2. The molecule has 0 unspecified atom stereocenters. The monoisotopic (exact) mass is 387 g/mol. The quantitative estimate of drug-likeness (QED) is 0.717. The third-order valence-corrected chi connectivity index (χ3v) is 6.70. The maximum atomic E-state index is 13.2. The van der Waals surface area contributed by atoms with Crippen molar-refractivity contribution < 1.29 is 19.0 Å². The van der Waals surface area contributed by atoms with Gasteiger partial charge in [0.2, 0.25) is 5.75 Å². The number of carbonyl (C=O) groups is 1. The zero-order chi connectivity index (χ0) is 19.7. The zero-order valence-corrected chi connectivity index (χ0v) is 17.3. The fourth-order valence-electron chi connectivity index (χ4n) is 5.92.